The van der Waals surface area contributed by atoms with Crippen molar-refractivity contribution in [1.29, 1.82) is 0 Å². The molecule has 1 N–H and O–H groups in total. The molecule has 0 spiro atoms. The van der Waals surface area contributed by atoms with Gasteiger partial charge in [0, 0.05) is 42.9 Å². The molecular weight excluding hydrogens is 316 g/mol. The highest BCUT2D eigenvalue weighted by Gasteiger charge is 2.28. The fourth-order valence-corrected chi connectivity index (χ4v) is 3.46. The number of nitrogens with zero attached hydrogens (tertiary/aromatic N) is 4. The van der Waals surface area contributed by atoms with E-state index >= 15 is 0 Å². The molecule has 1 aromatic carbocycles. The number of carboxylic acids is 1. The Kier molecular flexibility index (Phi) is 4.21. The number of benzene rings is 1. The second-order valence-corrected chi connectivity index (χ2v) is 6.56. The van der Waals surface area contributed by atoms with Crippen molar-refractivity contribution in [3.63, 3.8) is 0 Å². The van der Waals surface area contributed by atoms with E-state index in [0.717, 1.165) is 30.6 Å². The van der Waals surface area contributed by atoms with Crippen LogP contribution in [0.15, 0.2) is 12.3 Å². The fourth-order valence-electron chi connectivity index (χ4n) is 3.19. The van der Waals surface area contributed by atoms with Crippen molar-refractivity contribution in [1.82, 2.24) is 14.7 Å². The molecule has 0 bridgehead atoms. The molecule has 124 valence electrons. The average Bonchev–Trinajstić information content (AvgIpc) is 3.12. The zero-order valence-corrected chi connectivity index (χ0v) is 14.3. The van der Waals surface area contributed by atoms with Crippen molar-refractivity contribution in [3.05, 3.63) is 22.8 Å². The largest absolute Gasteiger partial charge is 0.478 e. The summed E-state index contributed by atoms with van der Waals surface area (Å²) in [5.74, 6) is -1.04. The van der Waals surface area contributed by atoms with Crippen LogP contribution in [0.25, 0.3) is 10.9 Å². The lowest BCUT2D eigenvalue weighted by Crippen LogP contribution is -2.31. The first-order valence-corrected chi connectivity index (χ1v) is 8.14. The Morgan fingerprint density at radius 1 is 1.52 bits per heavy atom. The van der Waals surface area contributed by atoms with E-state index in [4.69, 9.17) is 11.6 Å². The van der Waals surface area contributed by atoms with E-state index in [2.05, 4.69) is 29.0 Å². The number of hydrogen-bond donors (Lipinski definition) is 1. The summed E-state index contributed by atoms with van der Waals surface area (Å²) in [4.78, 5) is 16.0. The third-order valence-electron chi connectivity index (χ3n) is 4.55. The van der Waals surface area contributed by atoms with Crippen LogP contribution in [0.2, 0.25) is 5.02 Å². The summed E-state index contributed by atoms with van der Waals surface area (Å²) in [7, 11) is 4.17. The number of carboxylic acid groups (broad SMARTS) is 1. The minimum Gasteiger partial charge on any atom is -0.478 e. The van der Waals surface area contributed by atoms with E-state index in [1.807, 2.05) is 13.1 Å². The highest BCUT2D eigenvalue weighted by atomic mass is 35.5. The Labute approximate surface area is 140 Å². The van der Waals surface area contributed by atoms with Crippen molar-refractivity contribution >= 4 is 34.2 Å². The molecule has 2 heterocycles. The second kappa shape index (κ2) is 6.02. The molecule has 1 aromatic heterocycles. The first-order chi connectivity index (χ1) is 10.9. The van der Waals surface area contributed by atoms with E-state index in [9.17, 15) is 9.90 Å². The summed E-state index contributed by atoms with van der Waals surface area (Å²) in [5, 5.41) is 15.0. The zero-order valence-electron chi connectivity index (χ0n) is 13.6. The first kappa shape index (κ1) is 16.1. The van der Waals surface area contributed by atoms with Crippen LogP contribution in [0, 0.1) is 0 Å². The molecule has 0 amide bonds. The third kappa shape index (κ3) is 2.77. The second-order valence-electron chi connectivity index (χ2n) is 6.16. The van der Waals surface area contributed by atoms with Gasteiger partial charge in [0.1, 0.15) is 11.1 Å². The average molecular weight is 337 g/mol. The summed E-state index contributed by atoms with van der Waals surface area (Å²) in [6.07, 6.45) is 2.99. The van der Waals surface area contributed by atoms with E-state index in [-0.39, 0.29) is 10.6 Å². The number of hydrogen-bond acceptors (Lipinski definition) is 4. The number of aryl methyl sites for hydroxylation is 1. The maximum absolute atomic E-state index is 11.6. The van der Waals surface area contributed by atoms with Gasteiger partial charge in [0.15, 0.2) is 0 Å². The molecule has 1 fully saturated rings. The first-order valence-electron chi connectivity index (χ1n) is 7.76. The maximum Gasteiger partial charge on any atom is 0.339 e. The standard InChI is InChI=1S/C16H21ClN4O2/c1-4-21-9-11-13(20-6-5-10(8-20)19(2)3)7-12(17)14(16(22)23)15(11)18-21/h7,9-10H,4-6,8H2,1-3H3,(H,22,23)/t10-/m1/s1. The summed E-state index contributed by atoms with van der Waals surface area (Å²) in [5.41, 5.74) is 1.52. The maximum atomic E-state index is 11.6. The topological polar surface area (TPSA) is 61.6 Å². The van der Waals surface area contributed by atoms with E-state index < -0.39 is 5.97 Å². The van der Waals surface area contributed by atoms with Crippen LogP contribution in [0.3, 0.4) is 0 Å². The van der Waals surface area contributed by atoms with Gasteiger partial charge >= 0.3 is 5.97 Å². The molecule has 23 heavy (non-hydrogen) atoms. The SMILES string of the molecule is CCn1cc2c(N3CC[C@@H](N(C)C)C3)cc(Cl)c(C(=O)O)c2n1. The predicted molar refractivity (Wildman–Crippen MR) is 91.7 cm³/mol. The van der Waals surface area contributed by atoms with Crippen LogP contribution in [0.4, 0.5) is 5.69 Å². The summed E-state index contributed by atoms with van der Waals surface area (Å²) in [6.45, 7) is 4.50. The highest BCUT2D eigenvalue weighted by Crippen LogP contribution is 2.36. The molecule has 1 atom stereocenters. The normalized spacial score (nSPS) is 18.3. The van der Waals surface area contributed by atoms with Gasteiger partial charge in [0.05, 0.1) is 5.02 Å². The van der Waals surface area contributed by atoms with Crippen molar-refractivity contribution in [2.75, 3.05) is 32.1 Å². The van der Waals surface area contributed by atoms with Crippen LogP contribution >= 0.6 is 11.6 Å². The van der Waals surface area contributed by atoms with E-state index in [1.165, 1.54) is 0 Å². The smallest absolute Gasteiger partial charge is 0.339 e. The quantitative estimate of drug-likeness (QED) is 0.929. The number of fused-ring (bicyclic) bond motifs is 1. The summed E-state index contributed by atoms with van der Waals surface area (Å²) < 4.78 is 1.76. The van der Waals surface area contributed by atoms with Gasteiger partial charge in [0.2, 0.25) is 0 Å². The van der Waals surface area contributed by atoms with Gasteiger partial charge in [0.25, 0.3) is 0 Å². The Balaban J connectivity index is 2.13. The molecule has 0 saturated carbocycles. The number of rotatable bonds is 4. The van der Waals surface area contributed by atoms with Gasteiger partial charge in [-0.05, 0) is 33.5 Å². The van der Waals surface area contributed by atoms with Crippen molar-refractivity contribution in [3.8, 4) is 0 Å². The van der Waals surface area contributed by atoms with Crippen molar-refractivity contribution < 1.29 is 9.90 Å². The van der Waals surface area contributed by atoms with Crippen molar-refractivity contribution in [2.45, 2.75) is 25.9 Å². The van der Waals surface area contributed by atoms with Gasteiger partial charge < -0.3 is 14.9 Å². The lowest BCUT2D eigenvalue weighted by atomic mass is 10.1. The molecule has 2 aromatic rings. The molecule has 0 radical (unpaired) electrons. The van der Waals surface area contributed by atoms with Gasteiger partial charge in [-0.1, -0.05) is 11.6 Å². The number of likely N-dealkylation sites (N-methyl/N-ethyl adjacent to an activating group) is 1. The Hall–Kier alpha value is -1.79. The molecular formula is C16H21ClN4O2. The van der Waals surface area contributed by atoms with Crippen molar-refractivity contribution in [2.24, 2.45) is 0 Å². The Morgan fingerprint density at radius 3 is 2.83 bits per heavy atom. The minimum atomic E-state index is -1.04. The van der Waals surface area contributed by atoms with Gasteiger partial charge in [-0.25, -0.2) is 4.79 Å². The predicted octanol–water partition coefficient (Wildman–Crippen LogP) is 2.55. The Bertz CT molecular complexity index is 756. The number of anilines is 1. The molecule has 0 aliphatic carbocycles. The van der Waals surface area contributed by atoms with Crippen LogP contribution in [0.1, 0.15) is 23.7 Å². The number of aromatic carboxylic acids is 1. The third-order valence-corrected chi connectivity index (χ3v) is 4.85. The zero-order chi connectivity index (χ0) is 16.7. The van der Waals surface area contributed by atoms with E-state index in [0.29, 0.717) is 18.1 Å². The monoisotopic (exact) mass is 336 g/mol. The van der Waals surface area contributed by atoms with E-state index in [1.54, 1.807) is 10.7 Å². The number of halogens is 1. The van der Waals surface area contributed by atoms with Crippen LogP contribution in [0.5, 0.6) is 0 Å². The van der Waals surface area contributed by atoms with Gasteiger partial charge in [-0.2, -0.15) is 5.10 Å². The number of carbonyl (C=O) groups is 1. The lowest BCUT2D eigenvalue weighted by molar-refractivity contribution is 0.0699. The molecule has 1 aliphatic rings. The summed E-state index contributed by atoms with van der Waals surface area (Å²) in [6, 6.07) is 2.26. The molecule has 7 heteroatoms. The fraction of sp³-hybridized carbons (Fsp3) is 0.500. The lowest BCUT2D eigenvalue weighted by Gasteiger charge is -2.23. The molecule has 1 aliphatic heterocycles. The molecule has 3 rings (SSSR count). The van der Waals surface area contributed by atoms with Gasteiger partial charge in [-0.15, -0.1) is 0 Å². The molecule has 0 unspecified atom stereocenters. The highest BCUT2D eigenvalue weighted by molar-refractivity contribution is 6.35. The van der Waals surface area contributed by atoms with Crippen LogP contribution < -0.4 is 4.90 Å². The van der Waals surface area contributed by atoms with Crippen LogP contribution in [-0.2, 0) is 6.54 Å². The summed E-state index contributed by atoms with van der Waals surface area (Å²) >= 11 is 6.27. The number of aromatic nitrogens is 2. The molecule has 6 nitrogen and oxygen atoms in total. The Morgan fingerprint density at radius 2 is 2.26 bits per heavy atom. The minimum absolute atomic E-state index is 0.0842. The van der Waals surface area contributed by atoms with Crippen LogP contribution in [-0.4, -0.2) is 59.0 Å². The van der Waals surface area contributed by atoms with Gasteiger partial charge in [-0.3, -0.25) is 4.68 Å². The molecule has 1 saturated heterocycles.